The highest BCUT2D eigenvalue weighted by atomic mass is 16.5. The van der Waals surface area contributed by atoms with E-state index in [1.165, 1.54) is 0 Å². The standard InChI is InChI=1S/C14H19N3O3/c1-15-12-8-20-7-11(12)14(19)17-10-5-3-9(4-6-10)13(18)16-2/h3-6,11-12,15H,7-8H2,1-2H3,(H,16,18)(H,17,19). The van der Waals surface area contributed by atoms with E-state index in [-0.39, 0.29) is 23.8 Å². The van der Waals surface area contributed by atoms with Crippen molar-refractivity contribution in [2.24, 2.45) is 5.92 Å². The minimum absolute atomic E-state index is 0.0418. The zero-order chi connectivity index (χ0) is 14.5. The van der Waals surface area contributed by atoms with Crippen LogP contribution in [-0.4, -0.2) is 45.2 Å². The molecule has 1 aliphatic heterocycles. The van der Waals surface area contributed by atoms with Gasteiger partial charge in [0, 0.05) is 24.3 Å². The molecule has 6 nitrogen and oxygen atoms in total. The summed E-state index contributed by atoms with van der Waals surface area (Å²) in [6, 6.07) is 6.82. The van der Waals surface area contributed by atoms with Crippen LogP contribution in [-0.2, 0) is 9.53 Å². The first-order chi connectivity index (χ1) is 9.65. The number of hydrogen-bond donors (Lipinski definition) is 3. The normalized spacial score (nSPS) is 21.5. The summed E-state index contributed by atoms with van der Waals surface area (Å²) in [5.74, 6) is -0.421. The Morgan fingerprint density at radius 3 is 2.45 bits per heavy atom. The maximum Gasteiger partial charge on any atom is 0.251 e. The molecule has 2 atom stereocenters. The third kappa shape index (κ3) is 3.15. The molecule has 0 bridgehead atoms. The Kier molecular flexibility index (Phi) is 4.70. The van der Waals surface area contributed by atoms with Gasteiger partial charge in [-0.15, -0.1) is 0 Å². The van der Waals surface area contributed by atoms with Crippen molar-refractivity contribution in [3.63, 3.8) is 0 Å². The Balaban J connectivity index is 1.99. The summed E-state index contributed by atoms with van der Waals surface area (Å²) in [7, 11) is 3.40. The fourth-order valence-electron chi connectivity index (χ4n) is 2.18. The number of carbonyl (C=O) groups is 2. The van der Waals surface area contributed by atoms with Crippen molar-refractivity contribution in [3.8, 4) is 0 Å². The highest BCUT2D eigenvalue weighted by Gasteiger charge is 2.32. The zero-order valence-corrected chi connectivity index (χ0v) is 11.6. The third-order valence-electron chi connectivity index (χ3n) is 3.43. The molecule has 1 aliphatic rings. The molecule has 3 N–H and O–H groups in total. The van der Waals surface area contributed by atoms with Gasteiger partial charge in [-0.05, 0) is 31.3 Å². The summed E-state index contributed by atoms with van der Waals surface area (Å²) < 4.78 is 5.31. The van der Waals surface area contributed by atoms with Crippen LogP contribution in [0.1, 0.15) is 10.4 Å². The summed E-state index contributed by atoms with van der Waals surface area (Å²) in [6.45, 7) is 0.970. The quantitative estimate of drug-likeness (QED) is 0.735. The number of hydrogen-bond acceptors (Lipinski definition) is 4. The highest BCUT2D eigenvalue weighted by molar-refractivity contribution is 5.96. The molecule has 2 amide bonds. The largest absolute Gasteiger partial charge is 0.379 e. The molecule has 108 valence electrons. The minimum atomic E-state index is -0.196. The van der Waals surface area contributed by atoms with Crippen molar-refractivity contribution in [2.75, 3.05) is 32.6 Å². The molecule has 0 saturated carbocycles. The molecule has 0 radical (unpaired) electrons. The molecule has 0 aliphatic carbocycles. The zero-order valence-electron chi connectivity index (χ0n) is 11.6. The molecule has 1 saturated heterocycles. The van der Waals surface area contributed by atoms with Crippen LogP contribution in [0.4, 0.5) is 5.69 Å². The van der Waals surface area contributed by atoms with E-state index in [0.717, 1.165) is 0 Å². The predicted molar refractivity (Wildman–Crippen MR) is 75.6 cm³/mol. The van der Waals surface area contributed by atoms with Gasteiger partial charge in [0.2, 0.25) is 5.91 Å². The summed E-state index contributed by atoms with van der Waals surface area (Å²) in [5.41, 5.74) is 1.23. The molecule has 1 heterocycles. The molecule has 20 heavy (non-hydrogen) atoms. The van der Waals surface area contributed by atoms with E-state index in [4.69, 9.17) is 4.74 Å². The molecule has 0 aromatic heterocycles. The SMILES string of the molecule is CNC(=O)c1ccc(NC(=O)C2COCC2NC)cc1. The summed E-state index contributed by atoms with van der Waals surface area (Å²) in [4.78, 5) is 23.6. The smallest absolute Gasteiger partial charge is 0.251 e. The van der Waals surface area contributed by atoms with E-state index in [0.29, 0.717) is 24.5 Å². The second-order valence-corrected chi connectivity index (χ2v) is 4.68. The monoisotopic (exact) mass is 277 g/mol. The molecule has 2 rings (SSSR count). The van der Waals surface area contributed by atoms with Crippen LogP contribution in [0.15, 0.2) is 24.3 Å². The van der Waals surface area contributed by atoms with Crippen molar-refractivity contribution < 1.29 is 14.3 Å². The first kappa shape index (κ1) is 14.5. The van der Waals surface area contributed by atoms with Gasteiger partial charge >= 0.3 is 0 Å². The van der Waals surface area contributed by atoms with Gasteiger partial charge in [0.25, 0.3) is 5.91 Å². The lowest BCUT2D eigenvalue weighted by atomic mass is 10.0. The lowest BCUT2D eigenvalue weighted by Crippen LogP contribution is -2.39. The van der Waals surface area contributed by atoms with Gasteiger partial charge in [-0.2, -0.15) is 0 Å². The van der Waals surface area contributed by atoms with E-state index in [2.05, 4.69) is 16.0 Å². The number of amides is 2. The van der Waals surface area contributed by atoms with Gasteiger partial charge in [-0.1, -0.05) is 0 Å². The summed E-state index contributed by atoms with van der Waals surface area (Å²) in [6.07, 6.45) is 0. The summed E-state index contributed by atoms with van der Waals surface area (Å²) in [5, 5.41) is 8.46. The van der Waals surface area contributed by atoms with Gasteiger partial charge in [-0.25, -0.2) is 0 Å². The number of likely N-dealkylation sites (N-methyl/N-ethyl adjacent to an activating group) is 1. The Morgan fingerprint density at radius 1 is 1.15 bits per heavy atom. The average molecular weight is 277 g/mol. The third-order valence-corrected chi connectivity index (χ3v) is 3.43. The van der Waals surface area contributed by atoms with Gasteiger partial charge < -0.3 is 20.7 Å². The number of carbonyl (C=O) groups excluding carboxylic acids is 2. The van der Waals surface area contributed by atoms with Crippen molar-refractivity contribution in [1.29, 1.82) is 0 Å². The van der Waals surface area contributed by atoms with E-state index in [9.17, 15) is 9.59 Å². The van der Waals surface area contributed by atoms with Crippen LogP contribution in [0.5, 0.6) is 0 Å². The Hall–Kier alpha value is -1.92. The Morgan fingerprint density at radius 2 is 1.85 bits per heavy atom. The van der Waals surface area contributed by atoms with Crippen molar-refractivity contribution in [2.45, 2.75) is 6.04 Å². The molecule has 1 aromatic carbocycles. The Bertz CT molecular complexity index is 487. The lowest BCUT2D eigenvalue weighted by Gasteiger charge is -2.16. The van der Waals surface area contributed by atoms with E-state index >= 15 is 0 Å². The van der Waals surface area contributed by atoms with Crippen LogP contribution in [0.2, 0.25) is 0 Å². The first-order valence-electron chi connectivity index (χ1n) is 6.53. The second-order valence-electron chi connectivity index (χ2n) is 4.68. The molecule has 6 heteroatoms. The van der Waals surface area contributed by atoms with Crippen molar-refractivity contribution in [1.82, 2.24) is 10.6 Å². The first-order valence-corrected chi connectivity index (χ1v) is 6.53. The molecule has 1 fully saturated rings. The van der Waals surface area contributed by atoms with Gasteiger partial charge in [-0.3, -0.25) is 9.59 Å². The topological polar surface area (TPSA) is 79.5 Å². The Labute approximate surface area is 117 Å². The van der Waals surface area contributed by atoms with E-state index in [1.54, 1.807) is 31.3 Å². The fourth-order valence-corrected chi connectivity index (χ4v) is 2.18. The molecular formula is C14H19N3O3. The minimum Gasteiger partial charge on any atom is -0.379 e. The highest BCUT2D eigenvalue weighted by Crippen LogP contribution is 2.17. The van der Waals surface area contributed by atoms with E-state index in [1.807, 2.05) is 7.05 Å². The molecule has 1 aromatic rings. The average Bonchev–Trinajstić information content (AvgIpc) is 2.95. The maximum atomic E-state index is 12.1. The molecular weight excluding hydrogens is 258 g/mol. The summed E-state index contributed by atoms with van der Waals surface area (Å²) >= 11 is 0. The number of benzene rings is 1. The van der Waals surface area contributed by atoms with Gasteiger partial charge in [0.15, 0.2) is 0 Å². The lowest BCUT2D eigenvalue weighted by molar-refractivity contribution is -0.120. The van der Waals surface area contributed by atoms with Gasteiger partial charge in [0.1, 0.15) is 0 Å². The van der Waals surface area contributed by atoms with Crippen LogP contribution in [0.3, 0.4) is 0 Å². The number of ether oxygens (including phenoxy) is 1. The van der Waals surface area contributed by atoms with Crippen LogP contribution >= 0.6 is 0 Å². The van der Waals surface area contributed by atoms with Crippen LogP contribution in [0.25, 0.3) is 0 Å². The number of rotatable bonds is 4. The van der Waals surface area contributed by atoms with Crippen LogP contribution < -0.4 is 16.0 Å². The van der Waals surface area contributed by atoms with Crippen LogP contribution in [0, 0.1) is 5.92 Å². The maximum absolute atomic E-state index is 12.1. The van der Waals surface area contributed by atoms with Gasteiger partial charge in [0.05, 0.1) is 19.1 Å². The predicted octanol–water partition coefficient (Wildman–Crippen LogP) is 0.219. The van der Waals surface area contributed by atoms with Crippen molar-refractivity contribution in [3.05, 3.63) is 29.8 Å². The molecule has 2 unspecified atom stereocenters. The fraction of sp³-hybridized carbons (Fsp3) is 0.429. The molecule has 0 spiro atoms. The number of nitrogens with one attached hydrogen (secondary N) is 3. The van der Waals surface area contributed by atoms with Crippen molar-refractivity contribution >= 4 is 17.5 Å². The van der Waals surface area contributed by atoms with E-state index < -0.39 is 0 Å². The number of anilines is 1. The second kappa shape index (κ2) is 6.49.